The van der Waals surface area contributed by atoms with Gasteiger partial charge in [-0.1, -0.05) is 6.07 Å². The molecule has 0 saturated carbocycles. The molecule has 6 nitrogen and oxygen atoms in total. The molecule has 0 bridgehead atoms. The molecule has 1 aliphatic rings. The maximum atomic E-state index is 12.9. The first-order valence-electron chi connectivity index (χ1n) is 9.94. The number of hydrogen-bond donors (Lipinski definition) is 2. The molecule has 2 N–H and O–H groups in total. The van der Waals surface area contributed by atoms with Crippen molar-refractivity contribution in [2.45, 2.75) is 19.0 Å². The average Bonchev–Trinajstić information content (AvgIpc) is 3.28. The lowest BCUT2D eigenvalue weighted by Gasteiger charge is -2.22. The maximum Gasteiger partial charge on any atom is 0.416 e. The summed E-state index contributed by atoms with van der Waals surface area (Å²) in [5.41, 5.74) is 0.443. The summed E-state index contributed by atoms with van der Waals surface area (Å²) in [6.45, 7) is 2.34. The Hall–Kier alpha value is -3.07. The predicted octanol–water partition coefficient (Wildman–Crippen LogP) is 3.93. The van der Waals surface area contributed by atoms with E-state index in [0.717, 1.165) is 43.8 Å². The Bertz CT molecular complexity index is 941. The minimum atomic E-state index is -4.54. The minimum absolute atomic E-state index is 0.121. The summed E-state index contributed by atoms with van der Waals surface area (Å²) in [6.07, 6.45) is -2.49. The molecular weight excluding hydrogens is 411 g/mol. The second kappa shape index (κ2) is 9.82. The summed E-state index contributed by atoms with van der Waals surface area (Å²) in [7, 11) is 1.53. The fraction of sp³-hybridized carbons (Fsp3) is 0.364. The fourth-order valence-electron chi connectivity index (χ4n) is 3.43. The van der Waals surface area contributed by atoms with Crippen molar-refractivity contribution in [3.05, 3.63) is 59.2 Å². The van der Waals surface area contributed by atoms with Gasteiger partial charge >= 0.3 is 6.18 Å². The highest BCUT2D eigenvalue weighted by Gasteiger charge is 2.31. The molecule has 2 aromatic carbocycles. The van der Waals surface area contributed by atoms with Crippen molar-refractivity contribution < 1.29 is 27.5 Å². The molecule has 2 aromatic rings. The first-order chi connectivity index (χ1) is 14.8. The standard InChI is InChI=1S/C22H24F3N3O3/c1-31-12-9-26-21(30)18-14-17(7-8-19(18)28-10-2-3-11-28)27-20(29)15-5-4-6-16(13-15)22(23,24)25/h4-8,13-14H,2-3,9-12H2,1H3,(H,26,30)(H,27,29). The monoisotopic (exact) mass is 435 g/mol. The number of anilines is 2. The van der Waals surface area contributed by atoms with E-state index in [1.165, 1.54) is 19.2 Å². The number of methoxy groups -OCH3 is 1. The van der Waals surface area contributed by atoms with Crippen LogP contribution in [0, 0.1) is 0 Å². The Kier molecular flexibility index (Phi) is 7.17. The molecule has 3 rings (SSSR count). The Morgan fingerprint density at radius 3 is 2.48 bits per heavy atom. The molecule has 166 valence electrons. The van der Waals surface area contributed by atoms with E-state index in [2.05, 4.69) is 15.5 Å². The summed E-state index contributed by atoms with van der Waals surface area (Å²) >= 11 is 0. The highest BCUT2D eigenvalue weighted by molar-refractivity contribution is 6.06. The van der Waals surface area contributed by atoms with Crippen LogP contribution < -0.4 is 15.5 Å². The van der Waals surface area contributed by atoms with Gasteiger partial charge in [-0.3, -0.25) is 9.59 Å². The third-order valence-corrected chi connectivity index (χ3v) is 4.99. The van der Waals surface area contributed by atoms with Gasteiger partial charge in [0.1, 0.15) is 0 Å². The van der Waals surface area contributed by atoms with Gasteiger partial charge in [0.2, 0.25) is 0 Å². The van der Waals surface area contributed by atoms with Crippen LogP contribution >= 0.6 is 0 Å². The van der Waals surface area contributed by atoms with Crippen molar-refractivity contribution >= 4 is 23.2 Å². The normalized spacial score (nSPS) is 13.9. The third-order valence-electron chi connectivity index (χ3n) is 4.99. The van der Waals surface area contributed by atoms with Crippen LogP contribution in [0.5, 0.6) is 0 Å². The van der Waals surface area contributed by atoms with Crippen LogP contribution in [-0.2, 0) is 10.9 Å². The summed E-state index contributed by atoms with van der Waals surface area (Å²) in [5.74, 6) is -1.00. The molecule has 2 amide bonds. The van der Waals surface area contributed by atoms with Crippen molar-refractivity contribution in [1.29, 1.82) is 0 Å². The van der Waals surface area contributed by atoms with Crippen LogP contribution in [-0.4, -0.2) is 45.2 Å². The van der Waals surface area contributed by atoms with Crippen molar-refractivity contribution in [3.63, 3.8) is 0 Å². The van der Waals surface area contributed by atoms with Gasteiger partial charge in [-0.15, -0.1) is 0 Å². The van der Waals surface area contributed by atoms with Crippen LogP contribution in [0.4, 0.5) is 24.5 Å². The summed E-state index contributed by atoms with van der Waals surface area (Å²) in [4.78, 5) is 27.4. The summed E-state index contributed by atoms with van der Waals surface area (Å²) in [5, 5.41) is 5.36. The first kappa shape index (κ1) is 22.6. The number of hydrogen-bond acceptors (Lipinski definition) is 4. The Morgan fingerprint density at radius 2 is 1.81 bits per heavy atom. The Morgan fingerprint density at radius 1 is 1.06 bits per heavy atom. The first-order valence-corrected chi connectivity index (χ1v) is 9.94. The van der Waals surface area contributed by atoms with Gasteiger partial charge in [0.25, 0.3) is 11.8 Å². The topological polar surface area (TPSA) is 70.7 Å². The summed E-state index contributed by atoms with van der Waals surface area (Å²) in [6, 6.07) is 9.13. The smallest absolute Gasteiger partial charge is 0.383 e. The number of ether oxygens (including phenoxy) is 1. The SMILES string of the molecule is COCCNC(=O)c1cc(NC(=O)c2cccc(C(F)(F)F)c2)ccc1N1CCCC1. The van der Waals surface area contributed by atoms with Crippen LogP contribution in [0.2, 0.25) is 0 Å². The molecule has 1 fully saturated rings. The summed E-state index contributed by atoms with van der Waals surface area (Å²) < 4.78 is 43.7. The lowest BCUT2D eigenvalue weighted by molar-refractivity contribution is -0.137. The zero-order valence-corrected chi connectivity index (χ0v) is 17.1. The lowest BCUT2D eigenvalue weighted by atomic mass is 10.1. The number of nitrogens with zero attached hydrogens (tertiary/aromatic N) is 1. The van der Waals surface area contributed by atoms with Gasteiger partial charge in [0.15, 0.2) is 0 Å². The average molecular weight is 435 g/mol. The Labute approximate surface area is 178 Å². The highest BCUT2D eigenvalue weighted by Crippen LogP contribution is 2.30. The molecule has 9 heteroatoms. The van der Waals surface area contributed by atoms with Crippen molar-refractivity contribution in [2.75, 3.05) is 43.6 Å². The second-order valence-electron chi connectivity index (χ2n) is 7.21. The molecule has 31 heavy (non-hydrogen) atoms. The highest BCUT2D eigenvalue weighted by atomic mass is 19.4. The van der Waals surface area contributed by atoms with Crippen molar-refractivity contribution in [1.82, 2.24) is 5.32 Å². The van der Waals surface area contributed by atoms with Crippen LogP contribution in [0.15, 0.2) is 42.5 Å². The van der Waals surface area contributed by atoms with Crippen LogP contribution in [0.1, 0.15) is 39.1 Å². The fourth-order valence-corrected chi connectivity index (χ4v) is 3.43. The number of amides is 2. The van der Waals surface area contributed by atoms with Crippen LogP contribution in [0.25, 0.3) is 0 Å². The Balaban J connectivity index is 1.83. The van der Waals surface area contributed by atoms with E-state index >= 15 is 0 Å². The van der Waals surface area contributed by atoms with E-state index in [1.54, 1.807) is 18.2 Å². The number of benzene rings is 2. The van der Waals surface area contributed by atoms with Crippen LogP contribution in [0.3, 0.4) is 0 Å². The number of carbonyl (C=O) groups excluding carboxylic acids is 2. The zero-order chi connectivity index (χ0) is 22.4. The second-order valence-corrected chi connectivity index (χ2v) is 7.21. The van der Waals surface area contributed by atoms with Gasteiger partial charge in [0.05, 0.1) is 17.7 Å². The molecule has 0 aliphatic carbocycles. The van der Waals surface area contributed by atoms with Gasteiger partial charge in [-0.25, -0.2) is 0 Å². The van der Waals surface area contributed by atoms with Gasteiger partial charge in [-0.2, -0.15) is 13.2 Å². The lowest BCUT2D eigenvalue weighted by Crippen LogP contribution is -2.30. The van der Waals surface area contributed by atoms with E-state index in [0.29, 0.717) is 24.4 Å². The third kappa shape index (κ3) is 5.75. The number of nitrogens with one attached hydrogen (secondary N) is 2. The molecule has 1 heterocycles. The predicted molar refractivity (Wildman–Crippen MR) is 111 cm³/mol. The van der Waals surface area contributed by atoms with Gasteiger partial charge < -0.3 is 20.3 Å². The van der Waals surface area contributed by atoms with E-state index < -0.39 is 17.6 Å². The number of carbonyl (C=O) groups is 2. The molecule has 0 radical (unpaired) electrons. The molecule has 0 unspecified atom stereocenters. The number of rotatable bonds is 7. The van der Waals surface area contributed by atoms with E-state index in [-0.39, 0.29) is 11.5 Å². The molecule has 0 atom stereocenters. The molecule has 1 aliphatic heterocycles. The minimum Gasteiger partial charge on any atom is -0.383 e. The van der Waals surface area contributed by atoms with E-state index in [9.17, 15) is 22.8 Å². The largest absolute Gasteiger partial charge is 0.416 e. The van der Waals surface area contributed by atoms with Gasteiger partial charge in [-0.05, 0) is 49.2 Å². The van der Waals surface area contributed by atoms with Crippen molar-refractivity contribution in [3.8, 4) is 0 Å². The molecule has 0 aromatic heterocycles. The maximum absolute atomic E-state index is 12.9. The number of alkyl halides is 3. The zero-order valence-electron chi connectivity index (χ0n) is 17.1. The number of halogens is 3. The molecule has 0 spiro atoms. The van der Waals surface area contributed by atoms with Gasteiger partial charge in [0, 0.05) is 43.7 Å². The van der Waals surface area contributed by atoms with Crippen molar-refractivity contribution in [2.24, 2.45) is 0 Å². The van der Waals surface area contributed by atoms with E-state index in [1.807, 2.05) is 0 Å². The van der Waals surface area contributed by atoms with E-state index in [4.69, 9.17) is 4.74 Å². The molecule has 1 saturated heterocycles. The molecular formula is C22H24F3N3O3. The quantitative estimate of drug-likeness (QED) is 0.647.